The van der Waals surface area contributed by atoms with Gasteiger partial charge in [0.25, 0.3) is 0 Å². The molecule has 0 radical (unpaired) electrons. The van der Waals surface area contributed by atoms with Crippen LogP contribution in [-0.2, 0) is 11.3 Å². The monoisotopic (exact) mass is 333 g/mol. The van der Waals surface area contributed by atoms with Gasteiger partial charge in [-0.05, 0) is 36.6 Å². The van der Waals surface area contributed by atoms with Crippen molar-refractivity contribution in [2.24, 2.45) is 0 Å². The summed E-state index contributed by atoms with van der Waals surface area (Å²) in [5.74, 6) is 0. The van der Waals surface area contributed by atoms with Crippen LogP contribution in [-0.4, -0.2) is 30.5 Å². The Balaban J connectivity index is 2.03. The fourth-order valence-electron chi connectivity index (χ4n) is 2.11. The van der Waals surface area contributed by atoms with Gasteiger partial charge < -0.3 is 15.2 Å². The Hall–Kier alpha value is -0.130. The molecule has 1 fully saturated rings. The van der Waals surface area contributed by atoms with Crippen LogP contribution in [0, 0.1) is 0 Å². The van der Waals surface area contributed by atoms with Crippen molar-refractivity contribution >= 4 is 27.5 Å². The topological polar surface area (TPSA) is 41.5 Å². The lowest BCUT2D eigenvalue weighted by atomic mass is 9.91. The van der Waals surface area contributed by atoms with Crippen molar-refractivity contribution in [2.45, 2.75) is 24.9 Å². The molecule has 100 valence electrons. The molecule has 18 heavy (non-hydrogen) atoms. The van der Waals surface area contributed by atoms with Crippen LogP contribution in [0.25, 0.3) is 0 Å². The second-order valence-corrected chi connectivity index (χ2v) is 5.93. The lowest BCUT2D eigenvalue weighted by Crippen LogP contribution is -2.51. The Morgan fingerprint density at radius 1 is 1.39 bits per heavy atom. The van der Waals surface area contributed by atoms with Gasteiger partial charge in [-0.2, -0.15) is 0 Å². The van der Waals surface area contributed by atoms with E-state index < -0.39 is 0 Å². The number of ether oxygens (including phenoxy) is 1. The van der Waals surface area contributed by atoms with Crippen molar-refractivity contribution in [3.8, 4) is 0 Å². The molecule has 0 amide bonds. The summed E-state index contributed by atoms with van der Waals surface area (Å²) in [5, 5.41) is 13.8. The van der Waals surface area contributed by atoms with E-state index in [1.54, 1.807) is 0 Å². The zero-order valence-electron chi connectivity index (χ0n) is 10.1. The number of rotatable bonds is 4. The predicted octanol–water partition coefficient (Wildman–Crippen LogP) is 2.73. The van der Waals surface area contributed by atoms with E-state index >= 15 is 0 Å². The highest BCUT2D eigenvalue weighted by molar-refractivity contribution is 9.10. The SMILES string of the molecule is OCC1(NCc2cc(Cl)ccc2Br)CCOCC1. The van der Waals surface area contributed by atoms with Crippen LogP contribution in [0.15, 0.2) is 22.7 Å². The number of hydrogen-bond acceptors (Lipinski definition) is 3. The number of hydrogen-bond donors (Lipinski definition) is 2. The highest BCUT2D eigenvalue weighted by Crippen LogP contribution is 2.24. The van der Waals surface area contributed by atoms with Gasteiger partial charge in [-0.15, -0.1) is 0 Å². The van der Waals surface area contributed by atoms with Crippen molar-refractivity contribution in [3.63, 3.8) is 0 Å². The molecule has 1 aliphatic rings. The molecule has 1 aromatic carbocycles. The van der Waals surface area contributed by atoms with E-state index in [1.165, 1.54) is 0 Å². The highest BCUT2D eigenvalue weighted by Gasteiger charge is 2.31. The minimum Gasteiger partial charge on any atom is -0.394 e. The standard InChI is InChI=1S/C13H17BrClNO2/c14-12-2-1-11(15)7-10(12)8-16-13(9-17)3-5-18-6-4-13/h1-2,7,16-17H,3-6,8-9H2. The normalized spacial score (nSPS) is 18.8. The lowest BCUT2D eigenvalue weighted by molar-refractivity contribution is 0.0111. The highest BCUT2D eigenvalue weighted by atomic mass is 79.9. The molecule has 0 atom stereocenters. The van der Waals surface area contributed by atoms with Crippen LogP contribution in [0.2, 0.25) is 5.02 Å². The lowest BCUT2D eigenvalue weighted by Gasteiger charge is -2.36. The number of benzene rings is 1. The van der Waals surface area contributed by atoms with Crippen LogP contribution in [0.3, 0.4) is 0 Å². The van der Waals surface area contributed by atoms with Crippen LogP contribution >= 0.6 is 27.5 Å². The third kappa shape index (κ3) is 3.45. The molecular weight excluding hydrogens is 318 g/mol. The first-order valence-electron chi connectivity index (χ1n) is 6.03. The summed E-state index contributed by atoms with van der Waals surface area (Å²) >= 11 is 9.50. The Morgan fingerprint density at radius 3 is 2.78 bits per heavy atom. The predicted molar refractivity (Wildman–Crippen MR) is 75.9 cm³/mol. The molecular formula is C13H17BrClNO2. The molecule has 0 spiro atoms. The van der Waals surface area contributed by atoms with Crippen molar-refractivity contribution in [3.05, 3.63) is 33.3 Å². The summed E-state index contributed by atoms with van der Waals surface area (Å²) < 4.78 is 6.37. The van der Waals surface area contributed by atoms with E-state index in [4.69, 9.17) is 16.3 Å². The summed E-state index contributed by atoms with van der Waals surface area (Å²) in [6.45, 7) is 2.21. The van der Waals surface area contributed by atoms with Crippen molar-refractivity contribution in [1.82, 2.24) is 5.32 Å². The van der Waals surface area contributed by atoms with E-state index in [2.05, 4.69) is 21.2 Å². The Bertz CT molecular complexity index is 408. The van der Waals surface area contributed by atoms with Crippen LogP contribution in [0.1, 0.15) is 18.4 Å². The molecule has 0 saturated carbocycles. The largest absolute Gasteiger partial charge is 0.394 e. The van der Waals surface area contributed by atoms with Crippen molar-refractivity contribution in [2.75, 3.05) is 19.8 Å². The summed E-state index contributed by atoms with van der Waals surface area (Å²) in [6, 6.07) is 5.73. The fraction of sp³-hybridized carbons (Fsp3) is 0.538. The second kappa shape index (κ2) is 6.35. The van der Waals surface area contributed by atoms with Gasteiger partial charge in [0.1, 0.15) is 0 Å². The summed E-state index contributed by atoms with van der Waals surface area (Å²) in [4.78, 5) is 0. The molecule has 5 heteroatoms. The van der Waals surface area contributed by atoms with Gasteiger partial charge in [0.2, 0.25) is 0 Å². The molecule has 2 rings (SSSR count). The Kier molecular flexibility index (Phi) is 5.04. The van der Waals surface area contributed by atoms with Gasteiger partial charge in [-0.1, -0.05) is 27.5 Å². The third-order valence-corrected chi connectivity index (χ3v) is 4.42. The van der Waals surface area contributed by atoms with E-state index in [9.17, 15) is 5.11 Å². The number of aliphatic hydroxyl groups is 1. The van der Waals surface area contributed by atoms with Crippen molar-refractivity contribution < 1.29 is 9.84 Å². The molecule has 1 aliphatic heterocycles. The van der Waals surface area contributed by atoms with E-state index in [0.717, 1.165) is 27.9 Å². The maximum absolute atomic E-state index is 9.59. The number of nitrogens with one attached hydrogen (secondary N) is 1. The number of aliphatic hydroxyl groups excluding tert-OH is 1. The van der Waals surface area contributed by atoms with Gasteiger partial charge in [-0.25, -0.2) is 0 Å². The van der Waals surface area contributed by atoms with Gasteiger partial charge >= 0.3 is 0 Å². The smallest absolute Gasteiger partial charge is 0.0615 e. The molecule has 1 aromatic rings. The molecule has 0 unspecified atom stereocenters. The maximum atomic E-state index is 9.59. The first kappa shape index (κ1) is 14.3. The molecule has 0 aliphatic carbocycles. The third-order valence-electron chi connectivity index (χ3n) is 3.41. The zero-order valence-corrected chi connectivity index (χ0v) is 12.4. The zero-order chi connectivity index (χ0) is 13.0. The molecule has 1 saturated heterocycles. The van der Waals surface area contributed by atoms with Crippen molar-refractivity contribution in [1.29, 1.82) is 0 Å². The molecule has 2 N–H and O–H groups in total. The maximum Gasteiger partial charge on any atom is 0.0615 e. The van der Waals surface area contributed by atoms with E-state index in [1.807, 2.05) is 18.2 Å². The molecule has 1 heterocycles. The summed E-state index contributed by atoms with van der Waals surface area (Å²) in [7, 11) is 0. The van der Waals surface area contributed by atoms with Gasteiger partial charge in [0, 0.05) is 34.8 Å². The second-order valence-electron chi connectivity index (χ2n) is 4.64. The first-order valence-corrected chi connectivity index (χ1v) is 7.20. The Morgan fingerprint density at radius 2 is 2.11 bits per heavy atom. The average Bonchev–Trinajstić information content (AvgIpc) is 2.41. The summed E-state index contributed by atoms with van der Waals surface area (Å²) in [6.07, 6.45) is 1.67. The minimum atomic E-state index is -0.222. The van der Waals surface area contributed by atoms with E-state index in [0.29, 0.717) is 19.8 Å². The quantitative estimate of drug-likeness (QED) is 0.889. The Labute approximate surface area is 121 Å². The first-order chi connectivity index (χ1) is 8.65. The molecule has 0 aromatic heterocycles. The van der Waals surface area contributed by atoms with E-state index in [-0.39, 0.29) is 12.1 Å². The van der Waals surface area contributed by atoms with Gasteiger partial charge in [0.15, 0.2) is 0 Å². The molecule has 0 bridgehead atoms. The number of halogens is 2. The van der Waals surface area contributed by atoms with Crippen LogP contribution in [0.4, 0.5) is 0 Å². The average molecular weight is 335 g/mol. The van der Waals surface area contributed by atoms with Crippen LogP contribution < -0.4 is 5.32 Å². The van der Waals surface area contributed by atoms with Gasteiger partial charge in [-0.3, -0.25) is 0 Å². The summed E-state index contributed by atoms with van der Waals surface area (Å²) in [5.41, 5.74) is 0.877. The fourth-order valence-corrected chi connectivity index (χ4v) is 2.70. The minimum absolute atomic E-state index is 0.133. The van der Waals surface area contributed by atoms with Crippen LogP contribution in [0.5, 0.6) is 0 Å². The molecule has 3 nitrogen and oxygen atoms in total. The van der Waals surface area contributed by atoms with Gasteiger partial charge in [0.05, 0.1) is 6.61 Å².